The Hall–Kier alpha value is -1.83. The molecule has 1 saturated heterocycles. The summed E-state index contributed by atoms with van der Waals surface area (Å²) in [6.07, 6.45) is 0.0407. The number of morpholine rings is 1. The van der Waals surface area contributed by atoms with E-state index in [9.17, 15) is 14.4 Å². The van der Waals surface area contributed by atoms with Crippen LogP contribution in [0.15, 0.2) is 0 Å². The van der Waals surface area contributed by atoms with E-state index in [0.717, 1.165) is 0 Å². The zero-order valence-corrected chi connectivity index (χ0v) is 10.8. The van der Waals surface area contributed by atoms with E-state index < -0.39 is 12.0 Å². The minimum Gasteiger partial charge on any atom is -0.481 e. The highest BCUT2D eigenvalue weighted by atomic mass is 16.5. The van der Waals surface area contributed by atoms with Crippen LogP contribution in [0.25, 0.3) is 0 Å². The largest absolute Gasteiger partial charge is 0.481 e. The average Bonchev–Trinajstić information content (AvgIpc) is 2.38. The lowest BCUT2D eigenvalue weighted by Gasteiger charge is -2.34. The maximum Gasteiger partial charge on any atom is 0.317 e. The molecule has 0 aromatic heterocycles. The monoisotopic (exact) mass is 273 g/mol. The second-order valence-corrected chi connectivity index (χ2v) is 4.18. The van der Waals surface area contributed by atoms with Gasteiger partial charge in [0.1, 0.15) is 0 Å². The molecule has 1 rings (SSSR count). The lowest BCUT2D eigenvalue weighted by molar-refractivity contribution is -0.139. The lowest BCUT2D eigenvalue weighted by atomic mass is 10.1. The van der Waals surface area contributed by atoms with Crippen molar-refractivity contribution in [2.24, 2.45) is 0 Å². The van der Waals surface area contributed by atoms with Gasteiger partial charge in [-0.25, -0.2) is 4.79 Å². The van der Waals surface area contributed by atoms with Gasteiger partial charge in [0, 0.05) is 26.6 Å². The Morgan fingerprint density at radius 2 is 2.16 bits per heavy atom. The summed E-state index contributed by atoms with van der Waals surface area (Å²) in [4.78, 5) is 35.1. The molecule has 0 spiro atoms. The summed E-state index contributed by atoms with van der Waals surface area (Å²) in [5.74, 6) is -1.14. The molecule has 0 bridgehead atoms. The summed E-state index contributed by atoms with van der Waals surface area (Å²) in [5, 5.41) is 13.8. The molecule has 8 nitrogen and oxygen atoms in total. The number of aliphatic carboxylic acids is 1. The molecule has 3 amide bonds. The molecular formula is C11H19N3O5. The van der Waals surface area contributed by atoms with Crippen molar-refractivity contribution in [2.45, 2.75) is 18.9 Å². The summed E-state index contributed by atoms with van der Waals surface area (Å²) in [6.45, 7) is 1.17. The Morgan fingerprint density at radius 1 is 1.42 bits per heavy atom. The molecule has 108 valence electrons. The molecule has 0 aromatic rings. The van der Waals surface area contributed by atoms with Gasteiger partial charge >= 0.3 is 12.0 Å². The van der Waals surface area contributed by atoms with Crippen molar-refractivity contribution >= 4 is 17.9 Å². The van der Waals surface area contributed by atoms with E-state index >= 15 is 0 Å². The number of urea groups is 1. The number of nitrogens with zero attached hydrogens (tertiary/aromatic N) is 1. The van der Waals surface area contributed by atoms with E-state index in [4.69, 9.17) is 9.84 Å². The Labute approximate surface area is 111 Å². The first-order chi connectivity index (χ1) is 9.04. The number of carbonyl (C=O) groups excluding carboxylic acids is 2. The first-order valence-electron chi connectivity index (χ1n) is 6.09. The standard InChI is InChI=1S/C11H19N3O5/c1-12-9(15)2-3-13-11(18)14-4-5-19-7-8(14)6-10(16)17/h8H,2-7H2,1H3,(H,12,15)(H,13,18)(H,16,17). The maximum absolute atomic E-state index is 11.9. The van der Waals surface area contributed by atoms with Gasteiger partial charge in [0.05, 0.1) is 25.7 Å². The highest BCUT2D eigenvalue weighted by Gasteiger charge is 2.28. The van der Waals surface area contributed by atoms with E-state index in [2.05, 4.69) is 10.6 Å². The van der Waals surface area contributed by atoms with Gasteiger partial charge in [0.15, 0.2) is 0 Å². The number of carboxylic acid groups (broad SMARTS) is 1. The molecule has 19 heavy (non-hydrogen) atoms. The quantitative estimate of drug-likeness (QED) is 0.596. The van der Waals surface area contributed by atoms with Crippen LogP contribution < -0.4 is 10.6 Å². The molecule has 1 unspecified atom stereocenters. The van der Waals surface area contributed by atoms with Crippen LogP contribution in [0.5, 0.6) is 0 Å². The number of carbonyl (C=O) groups is 3. The van der Waals surface area contributed by atoms with Crippen LogP contribution >= 0.6 is 0 Å². The SMILES string of the molecule is CNC(=O)CCNC(=O)N1CCOCC1CC(=O)O. The first-order valence-corrected chi connectivity index (χ1v) is 6.09. The van der Waals surface area contributed by atoms with Crippen LogP contribution in [0.1, 0.15) is 12.8 Å². The highest BCUT2D eigenvalue weighted by molar-refractivity contribution is 5.78. The van der Waals surface area contributed by atoms with Crippen molar-refractivity contribution < 1.29 is 24.2 Å². The Kier molecular flexibility index (Phi) is 6.07. The Balaban J connectivity index is 2.43. The topological polar surface area (TPSA) is 108 Å². The van der Waals surface area contributed by atoms with Crippen molar-refractivity contribution in [3.05, 3.63) is 0 Å². The van der Waals surface area contributed by atoms with Crippen molar-refractivity contribution in [1.29, 1.82) is 0 Å². The van der Waals surface area contributed by atoms with Crippen molar-refractivity contribution in [3.63, 3.8) is 0 Å². The minimum absolute atomic E-state index is 0.150. The fourth-order valence-electron chi connectivity index (χ4n) is 1.80. The zero-order chi connectivity index (χ0) is 14.3. The van der Waals surface area contributed by atoms with Crippen LogP contribution in [-0.4, -0.2) is 67.3 Å². The second-order valence-electron chi connectivity index (χ2n) is 4.18. The molecule has 1 aliphatic rings. The van der Waals surface area contributed by atoms with E-state index in [0.29, 0.717) is 13.2 Å². The average molecular weight is 273 g/mol. The molecule has 1 aliphatic heterocycles. The lowest BCUT2D eigenvalue weighted by Crippen LogP contribution is -2.53. The van der Waals surface area contributed by atoms with Gasteiger partial charge in [-0.3, -0.25) is 9.59 Å². The predicted molar refractivity (Wildman–Crippen MR) is 65.6 cm³/mol. The first kappa shape index (κ1) is 15.2. The van der Waals surface area contributed by atoms with Crippen molar-refractivity contribution in [3.8, 4) is 0 Å². The van der Waals surface area contributed by atoms with Crippen molar-refractivity contribution in [1.82, 2.24) is 15.5 Å². The maximum atomic E-state index is 11.9. The van der Waals surface area contributed by atoms with Crippen LogP contribution in [0.2, 0.25) is 0 Å². The summed E-state index contributed by atoms with van der Waals surface area (Å²) in [7, 11) is 1.52. The van der Waals surface area contributed by atoms with Crippen LogP contribution in [0.3, 0.4) is 0 Å². The number of hydrogen-bond acceptors (Lipinski definition) is 4. The summed E-state index contributed by atoms with van der Waals surface area (Å²) in [5.41, 5.74) is 0. The fourth-order valence-corrected chi connectivity index (χ4v) is 1.80. The van der Waals surface area contributed by atoms with E-state index in [1.807, 2.05) is 0 Å². The molecule has 0 saturated carbocycles. The number of rotatable bonds is 5. The van der Waals surface area contributed by atoms with E-state index in [-0.39, 0.29) is 37.9 Å². The fraction of sp³-hybridized carbons (Fsp3) is 0.727. The van der Waals surface area contributed by atoms with Crippen LogP contribution in [0.4, 0.5) is 4.79 Å². The molecule has 1 atom stereocenters. The van der Waals surface area contributed by atoms with E-state index in [1.165, 1.54) is 11.9 Å². The number of hydrogen-bond donors (Lipinski definition) is 3. The second kappa shape index (κ2) is 7.57. The highest BCUT2D eigenvalue weighted by Crippen LogP contribution is 2.10. The minimum atomic E-state index is -0.973. The molecule has 8 heteroatoms. The van der Waals surface area contributed by atoms with E-state index in [1.54, 1.807) is 0 Å². The molecule has 1 heterocycles. The number of amides is 3. The molecular weight excluding hydrogens is 254 g/mol. The third-order valence-electron chi connectivity index (χ3n) is 2.81. The molecule has 0 aliphatic carbocycles. The number of nitrogens with one attached hydrogen (secondary N) is 2. The van der Waals surface area contributed by atoms with Gasteiger partial charge in [-0.15, -0.1) is 0 Å². The Bertz CT molecular complexity index is 347. The van der Waals surface area contributed by atoms with Gasteiger partial charge in [0.25, 0.3) is 0 Å². The van der Waals surface area contributed by atoms with Gasteiger partial charge in [-0.1, -0.05) is 0 Å². The Morgan fingerprint density at radius 3 is 2.79 bits per heavy atom. The zero-order valence-electron chi connectivity index (χ0n) is 10.8. The summed E-state index contributed by atoms with van der Waals surface area (Å²) < 4.78 is 5.17. The van der Waals surface area contributed by atoms with Crippen LogP contribution in [-0.2, 0) is 14.3 Å². The number of ether oxygens (including phenoxy) is 1. The van der Waals surface area contributed by atoms with Gasteiger partial charge in [-0.05, 0) is 0 Å². The normalized spacial score (nSPS) is 18.8. The molecule has 3 N–H and O–H groups in total. The molecule has 0 radical (unpaired) electrons. The van der Waals surface area contributed by atoms with Gasteiger partial charge in [0.2, 0.25) is 5.91 Å². The van der Waals surface area contributed by atoms with Crippen LogP contribution in [0, 0.1) is 0 Å². The molecule has 0 aromatic carbocycles. The third kappa shape index (κ3) is 5.12. The third-order valence-corrected chi connectivity index (χ3v) is 2.81. The molecule has 1 fully saturated rings. The smallest absolute Gasteiger partial charge is 0.317 e. The summed E-state index contributed by atoms with van der Waals surface area (Å²) >= 11 is 0. The van der Waals surface area contributed by atoms with Gasteiger partial charge in [-0.2, -0.15) is 0 Å². The van der Waals surface area contributed by atoms with Crippen molar-refractivity contribution in [2.75, 3.05) is 33.4 Å². The summed E-state index contributed by atoms with van der Waals surface area (Å²) in [6, 6.07) is -0.829. The number of carboxylic acids is 1. The van der Waals surface area contributed by atoms with Gasteiger partial charge < -0.3 is 25.4 Å². The predicted octanol–water partition coefficient (Wildman–Crippen LogP) is -0.992.